The molecular formula is C24H26Cl2N4O5. The number of halogens is 2. The van der Waals surface area contributed by atoms with Crippen LogP contribution in [0.4, 0.5) is 4.79 Å². The molecule has 4 rings (SSSR count). The zero-order chi connectivity index (χ0) is 25.0. The molecule has 1 saturated heterocycles. The highest BCUT2D eigenvalue weighted by Gasteiger charge is 2.40. The van der Waals surface area contributed by atoms with Crippen LogP contribution in [0, 0.1) is 0 Å². The number of benzene rings is 2. The van der Waals surface area contributed by atoms with Crippen LogP contribution in [0.25, 0.3) is 0 Å². The van der Waals surface area contributed by atoms with E-state index in [0.29, 0.717) is 54.0 Å². The molecule has 1 spiro atoms. The summed E-state index contributed by atoms with van der Waals surface area (Å²) >= 11 is 12.0. The normalized spacial score (nSPS) is 16.4. The molecule has 0 saturated carbocycles. The summed E-state index contributed by atoms with van der Waals surface area (Å²) in [6.45, 7) is 1.56. The molecule has 1 fully saturated rings. The lowest BCUT2D eigenvalue weighted by Crippen LogP contribution is -2.49. The molecule has 11 heteroatoms. The lowest BCUT2D eigenvalue weighted by Gasteiger charge is -2.36. The van der Waals surface area contributed by atoms with Crippen molar-refractivity contribution in [3.8, 4) is 11.5 Å². The number of piperidine rings is 1. The Morgan fingerprint density at radius 1 is 1.09 bits per heavy atom. The number of nitrogens with one attached hydrogen (secondary N) is 3. The van der Waals surface area contributed by atoms with Gasteiger partial charge in [0.1, 0.15) is 11.3 Å². The number of aromatic hydroxyl groups is 1. The van der Waals surface area contributed by atoms with Gasteiger partial charge in [0.15, 0.2) is 11.5 Å². The van der Waals surface area contributed by atoms with Crippen molar-refractivity contribution in [3.05, 3.63) is 69.3 Å². The zero-order valence-corrected chi connectivity index (χ0v) is 20.6. The second kappa shape index (κ2) is 10.6. The van der Waals surface area contributed by atoms with Crippen molar-refractivity contribution in [1.29, 1.82) is 0 Å². The summed E-state index contributed by atoms with van der Waals surface area (Å²) in [7, 11) is 1.46. The Hall–Kier alpha value is -3.14. The van der Waals surface area contributed by atoms with Gasteiger partial charge in [-0.05, 0) is 41.5 Å². The summed E-state index contributed by atoms with van der Waals surface area (Å²) in [6, 6.07) is 9.93. The average molecular weight is 521 g/mol. The quantitative estimate of drug-likeness (QED) is 0.463. The number of methoxy groups -OCH3 is 1. The number of nitrogens with zero attached hydrogens (tertiary/aromatic N) is 1. The number of phenolic OH excluding ortho intramolecular Hbond substituents is 1. The Labute approximate surface area is 212 Å². The van der Waals surface area contributed by atoms with Crippen LogP contribution in [-0.2, 0) is 22.7 Å². The lowest BCUT2D eigenvalue weighted by molar-refractivity contribution is -0.120. The van der Waals surface area contributed by atoms with Gasteiger partial charge in [0.05, 0.1) is 17.2 Å². The third-order valence-corrected chi connectivity index (χ3v) is 6.78. The molecule has 2 aromatic rings. The Balaban J connectivity index is 1.26. The van der Waals surface area contributed by atoms with Crippen LogP contribution in [-0.4, -0.2) is 47.7 Å². The van der Waals surface area contributed by atoms with Crippen molar-refractivity contribution in [3.63, 3.8) is 0 Å². The third kappa shape index (κ3) is 5.93. The van der Waals surface area contributed by atoms with E-state index in [0.717, 1.165) is 11.1 Å². The molecule has 2 heterocycles. The Kier molecular flexibility index (Phi) is 7.59. The minimum absolute atomic E-state index is 0.0347. The highest BCUT2D eigenvalue weighted by molar-refractivity contribution is 6.42. The van der Waals surface area contributed by atoms with Gasteiger partial charge >= 0.3 is 6.03 Å². The van der Waals surface area contributed by atoms with Gasteiger partial charge in [-0.2, -0.15) is 0 Å². The third-order valence-electron chi connectivity index (χ3n) is 6.04. The number of hydrogen-bond acceptors (Lipinski definition) is 6. The van der Waals surface area contributed by atoms with E-state index in [9.17, 15) is 14.7 Å². The summed E-state index contributed by atoms with van der Waals surface area (Å²) in [5.41, 5.74) is 4.05. The van der Waals surface area contributed by atoms with E-state index >= 15 is 0 Å². The zero-order valence-electron chi connectivity index (χ0n) is 19.1. The molecule has 2 aromatic carbocycles. The molecule has 2 aliphatic rings. The lowest BCUT2D eigenvalue weighted by atomic mass is 9.91. The molecule has 0 unspecified atom stereocenters. The largest absolute Gasteiger partial charge is 0.504 e. The van der Waals surface area contributed by atoms with Gasteiger partial charge < -0.3 is 25.4 Å². The van der Waals surface area contributed by atoms with E-state index in [1.54, 1.807) is 35.2 Å². The van der Waals surface area contributed by atoms with Crippen LogP contribution in [0.3, 0.4) is 0 Å². The van der Waals surface area contributed by atoms with Crippen LogP contribution in [0.15, 0.2) is 48.2 Å². The summed E-state index contributed by atoms with van der Waals surface area (Å²) in [5, 5.41) is 16.3. The second-order valence-corrected chi connectivity index (χ2v) is 9.22. The Morgan fingerprint density at radius 2 is 1.77 bits per heavy atom. The van der Waals surface area contributed by atoms with Crippen LogP contribution < -0.4 is 20.9 Å². The van der Waals surface area contributed by atoms with Crippen molar-refractivity contribution in [2.24, 2.45) is 0 Å². The maximum absolute atomic E-state index is 12.6. The molecule has 0 atom stereocenters. The van der Waals surface area contributed by atoms with E-state index in [1.165, 1.54) is 13.2 Å². The number of carbonyl (C=O) groups excluding carboxylic acids is 2. The molecule has 186 valence electrons. The summed E-state index contributed by atoms with van der Waals surface area (Å²) in [4.78, 5) is 32.7. The predicted molar refractivity (Wildman–Crippen MR) is 131 cm³/mol. The first kappa shape index (κ1) is 25.0. The van der Waals surface area contributed by atoms with Crippen molar-refractivity contribution >= 4 is 35.1 Å². The molecular weight excluding hydrogens is 495 g/mol. The first-order valence-electron chi connectivity index (χ1n) is 11.1. The van der Waals surface area contributed by atoms with Crippen molar-refractivity contribution in [2.45, 2.75) is 31.5 Å². The maximum atomic E-state index is 12.6. The van der Waals surface area contributed by atoms with Gasteiger partial charge in [-0.3, -0.25) is 15.1 Å². The van der Waals surface area contributed by atoms with Gasteiger partial charge in [0.25, 0.3) is 5.91 Å². The average Bonchev–Trinajstić information content (AvgIpc) is 3.27. The molecule has 3 amide bonds. The van der Waals surface area contributed by atoms with Gasteiger partial charge in [0, 0.05) is 39.0 Å². The summed E-state index contributed by atoms with van der Waals surface area (Å²) in [6.07, 6.45) is 2.88. The number of urea groups is 1. The number of rotatable bonds is 6. The van der Waals surface area contributed by atoms with Crippen molar-refractivity contribution in [1.82, 2.24) is 21.0 Å². The Morgan fingerprint density at radius 3 is 2.49 bits per heavy atom. The maximum Gasteiger partial charge on any atom is 0.317 e. The minimum atomic E-state index is -0.644. The fourth-order valence-corrected chi connectivity index (χ4v) is 4.29. The van der Waals surface area contributed by atoms with Gasteiger partial charge in [-0.25, -0.2) is 4.79 Å². The molecule has 0 aliphatic carbocycles. The number of ether oxygens (including phenoxy) is 1. The first-order chi connectivity index (χ1) is 16.8. The van der Waals surface area contributed by atoms with Crippen molar-refractivity contribution in [2.75, 3.05) is 20.2 Å². The molecule has 35 heavy (non-hydrogen) atoms. The van der Waals surface area contributed by atoms with Gasteiger partial charge in [0.2, 0.25) is 0 Å². The summed E-state index contributed by atoms with van der Waals surface area (Å²) in [5.74, 6) is 0.0632. The summed E-state index contributed by atoms with van der Waals surface area (Å²) < 4.78 is 5.09. The minimum Gasteiger partial charge on any atom is -0.504 e. The molecule has 2 aliphatic heterocycles. The molecule has 9 nitrogen and oxygen atoms in total. The van der Waals surface area contributed by atoms with Gasteiger partial charge in [-0.15, -0.1) is 0 Å². The van der Waals surface area contributed by atoms with Crippen molar-refractivity contribution < 1.29 is 24.3 Å². The van der Waals surface area contributed by atoms with Crippen LogP contribution in [0.5, 0.6) is 11.5 Å². The SMILES string of the molecule is COc1cc(CNC(=O)C2=CC3(CCN(C(=O)NCc4ccc(Cl)c(Cl)c4)CC3)ON2)ccc1O. The van der Waals surface area contributed by atoms with E-state index in [1.807, 2.05) is 6.07 Å². The fourth-order valence-electron chi connectivity index (χ4n) is 3.97. The van der Waals surface area contributed by atoms with E-state index in [4.69, 9.17) is 32.8 Å². The first-order valence-corrected chi connectivity index (χ1v) is 11.8. The van der Waals surface area contributed by atoms with Crippen LogP contribution >= 0.6 is 23.2 Å². The van der Waals surface area contributed by atoms with E-state index in [2.05, 4.69) is 16.1 Å². The highest BCUT2D eigenvalue weighted by Crippen LogP contribution is 2.32. The number of carbonyl (C=O) groups is 2. The number of hydrogen-bond donors (Lipinski definition) is 4. The number of amides is 3. The highest BCUT2D eigenvalue weighted by atomic mass is 35.5. The molecule has 0 radical (unpaired) electrons. The number of phenols is 1. The molecule has 0 aromatic heterocycles. The number of likely N-dealkylation sites (tertiary alicyclic amines) is 1. The standard InChI is InChI=1S/C24H26Cl2N4O5/c1-34-21-11-16(3-5-20(21)31)13-27-22(32)19-12-24(35-29-19)6-8-30(9-7-24)23(33)28-14-15-2-4-17(25)18(26)10-15/h2-5,10-12,29,31H,6-9,13-14H2,1H3,(H,27,32)(H,28,33). The monoisotopic (exact) mass is 520 g/mol. The topological polar surface area (TPSA) is 112 Å². The predicted octanol–water partition coefficient (Wildman–Crippen LogP) is 3.49. The van der Waals surface area contributed by atoms with Crippen LogP contribution in [0.1, 0.15) is 24.0 Å². The molecule has 4 N–H and O–H groups in total. The van der Waals surface area contributed by atoms with Gasteiger partial charge in [-0.1, -0.05) is 35.3 Å². The fraction of sp³-hybridized carbons (Fsp3) is 0.333. The van der Waals surface area contributed by atoms with Crippen LogP contribution in [0.2, 0.25) is 10.0 Å². The van der Waals surface area contributed by atoms with E-state index < -0.39 is 5.60 Å². The second-order valence-electron chi connectivity index (χ2n) is 8.41. The number of hydroxylamine groups is 1. The smallest absolute Gasteiger partial charge is 0.317 e. The Bertz CT molecular complexity index is 1150. The molecule has 0 bridgehead atoms. The van der Waals surface area contributed by atoms with E-state index in [-0.39, 0.29) is 24.2 Å².